The molecule has 2 bridgehead atoms. The maximum absolute atomic E-state index is 12.8. The summed E-state index contributed by atoms with van der Waals surface area (Å²) < 4.78 is 7.46. The monoisotopic (exact) mass is 381 g/mol. The SMILES string of the molecule is Nc1cc(-c2cc3n(c(=O)c2)C[C@H]2C[C@@H]3CN(C(=O)[C@H]3CCCO3)C2)ncn1. The second-order valence-corrected chi connectivity index (χ2v) is 7.99. The number of piperidine rings is 1. The number of hydrogen-bond donors (Lipinski definition) is 1. The van der Waals surface area contributed by atoms with Gasteiger partial charge in [0.05, 0.1) is 5.69 Å². The number of carbonyl (C=O) groups is 1. The minimum Gasteiger partial charge on any atom is -0.384 e. The Labute approximate surface area is 162 Å². The summed E-state index contributed by atoms with van der Waals surface area (Å²) in [6.07, 6.45) is 3.85. The quantitative estimate of drug-likeness (QED) is 0.833. The van der Waals surface area contributed by atoms with E-state index >= 15 is 0 Å². The van der Waals surface area contributed by atoms with Gasteiger partial charge in [-0.15, -0.1) is 0 Å². The molecular weight excluding hydrogens is 358 g/mol. The second kappa shape index (κ2) is 6.70. The third kappa shape index (κ3) is 2.97. The zero-order chi connectivity index (χ0) is 19.3. The van der Waals surface area contributed by atoms with Crippen LogP contribution in [0.5, 0.6) is 0 Å². The van der Waals surface area contributed by atoms with E-state index in [0.717, 1.165) is 30.5 Å². The summed E-state index contributed by atoms with van der Waals surface area (Å²) >= 11 is 0. The van der Waals surface area contributed by atoms with Crippen LogP contribution in [0, 0.1) is 5.92 Å². The molecule has 0 unspecified atom stereocenters. The van der Waals surface area contributed by atoms with Crippen LogP contribution in [0.2, 0.25) is 0 Å². The molecule has 2 aromatic heterocycles. The molecule has 2 aromatic rings. The van der Waals surface area contributed by atoms with Crippen molar-refractivity contribution < 1.29 is 9.53 Å². The van der Waals surface area contributed by atoms with E-state index in [1.807, 2.05) is 15.5 Å². The summed E-state index contributed by atoms with van der Waals surface area (Å²) in [5.74, 6) is 0.913. The minimum atomic E-state index is -0.295. The van der Waals surface area contributed by atoms with Gasteiger partial charge in [0.15, 0.2) is 0 Å². The topological polar surface area (TPSA) is 103 Å². The molecule has 0 aliphatic carbocycles. The molecule has 2 fully saturated rings. The van der Waals surface area contributed by atoms with Crippen LogP contribution in [0.25, 0.3) is 11.3 Å². The molecule has 5 rings (SSSR count). The summed E-state index contributed by atoms with van der Waals surface area (Å²) in [7, 11) is 0. The van der Waals surface area contributed by atoms with Crippen LogP contribution in [-0.4, -0.2) is 51.1 Å². The van der Waals surface area contributed by atoms with Crippen molar-refractivity contribution in [3.8, 4) is 11.3 Å². The van der Waals surface area contributed by atoms with Crippen LogP contribution >= 0.6 is 0 Å². The van der Waals surface area contributed by atoms with E-state index in [1.165, 1.54) is 6.33 Å². The van der Waals surface area contributed by atoms with Gasteiger partial charge in [0.2, 0.25) is 0 Å². The lowest BCUT2D eigenvalue weighted by Gasteiger charge is -2.43. The number of nitrogen functional groups attached to an aromatic ring is 1. The van der Waals surface area contributed by atoms with E-state index in [9.17, 15) is 9.59 Å². The summed E-state index contributed by atoms with van der Waals surface area (Å²) in [5.41, 5.74) is 8.10. The van der Waals surface area contributed by atoms with Crippen molar-refractivity contribution in [1.29, 1.82) is 0 Å². The zero-order valence-electron chi connectivity index (χ0n) is 15.6. The van der Waals surface area contributed by atoms with Crippen molar-refractivity contribution >= 4 is 11.7 Å². The van der Waals surface area contributed by atoms with Gasteiger partial charge in [-0.3, -0.25) is 9.59 Å². The zero-order valence-corrected chi connectivity index (χ0v) is 15.6. The van der Waals surface area contributed by atoms with Gasteiger partial charge in [-0.1, -0.05) is 0 Å². The summed E-state index contributed by atoms with van der Waals surface area (Å²) in [4.78, 5) is 35.7. The third-order valence-electron chi connectivity index (χ3n) is 6.06. The van der Waals surface area contributed by atoms with E-state index < -0.39 is 0 Å². The van der Waals surface area contributed by atoms with Crippen molar-refractivity contribution in [2.24, 2.45) is 5.92 Å². The highest BCUT2D eigenvalue weighted by molar-refractivity contribution is 5.81. The van der Waals surface area contributed by atoms with Gasteiger partial charge >= 0.3 is 0 Å². The van der Waals surface area contributed by atoms with Crippen molar-refractivity contribution in [3.05, 3.63) is 40.6 Å². The number of fused-ring (bicyclic) bond motifs is 4. The first-order valence-electron chi connectivity index (χ1n) is 9.81. The van der Waals surface area contributed by atoms with E-state index in [-0.39, 0.29) is 23.5 Å². The Balaban J connectivity index is 1.48. The lowest BCUT2D eigenvalue weighted by Crippen LogP contribution is -2.51. The predicted octanol–water partition coefficient (Wildman–Crippen LogP) is 1.01. The molecule has 0 spiro atoms. The first-order chi connectivity index (χ1) is 13.6. The number of aromatic nitrogens is 3. The number of pyridine rings is 1. The maximum atomic E-state index is 12.8. The van der Waals surface area contributed by atoms with E-state index in [0.29, 0.717) is 43.7 Å². The Morgan fingerprint density at radius 2 is 2.07 bits per heavy atom. The van der Waals surface area contributed by atoms with Crippen LogP contribution in [0.1, 0.15) is 30.9 Å². The molecular formula is C20H23N5O3. The van der Waals surface area contributed by atoms with Crippen LogP contribution < -0.4 is 11.3 Å². The molecule has 3 aliphatic rings. The molecule has 8 heteroatoms. The van der Waals surface area contributed by atoms with Gasteiger partial charge in [0.25, 0.3) is 11.5 Å². The molecule has 8 nitrogen and oxygen atoms in total. The standard InChI is InChI=1S/C20H23N5O3/c21-18-7-15(22-11-23-18)13-5-16-14-4-12(9-25(16)19(26)6-13)8-24(10-14)20(27)17-2-1-3-28-17/h5-7,11-12,14,17H,1-4,8-10H2,(H2,21,22,23)/t12-,14+,17+/m0/s1. The molecule has 0 radical (unpaired) electrons. The lowest BCUT2D eigenvalue weighted by molar-refractivity contribution is -0.143. The average Bonchev–Trinajstić information content (AvgIpc) is 3.23. The Bertz CT molecular complexity index is 982. The first-order valence-corrected chi connectivity index (χ1v) is 9.81. The van der Waals surface area contributed by atoms with E-state index in [1.54, 1.807) is 12.1 Å². The first kappa shape index (κ1) is 17.4. The summed E-state index contributed by atoms with van der Waals surface area (Å²) in [6, 6.07) is 5.30. The fourth-order valence-electron chi connectivity index (χ4n) is 4.79. The third-order valence-corrected chi connectivity index (χ3v) is 6.06. The largest absolute Gasteiger partial charge is 0.384 e. The number of ether oxygens (including phenoxy) is 1. The maximum Gasteiger partial charge on any atom is 0.251 e. The fraction of sp³-hybridized carbons (Fsp3) is 0.500. The Kier molecular flexibility index (Phi) is 4.16. The molecule has 3 atom stereocenters. The van der Waals surface area contributed by atoms with Gasteiger partial charge in [-0.25, -0.2) is 9.97 Å². The highest BCUT2D eigenvalue weighted by atomic mass is 16.5. The number of likely N-dealkylation sites (tertiary alicyclic amines) is 1. The van der Waals surface area contributed by atoms with Crippen LogP contribution in [-0.2, 0) is 16.1 Å². The second-order valence-electron chi connectivity index (χ2n) is 7.99. The minimum absolute atomic E-state index is 0.0294. The average molecular weight is 381 g/mol. The van der Waals surface area contributed by atoms with E-state index in [4.69, 9.17) is 10.5 Å². The highest BCUT2D eigenvalue weighted by Gasteiger charge is 2.39. The molecule has 28 heavy (non-hydrogen) atoms. The molecule has 0 saturated carbocycles. The summed E-state index contributed by atoms with van der Waals surface area (Å²) in [5, 5.41) is 0. The van der Waals surface area contributed by atoms with Crippen molar-refractivity contribution in [2.45, 2.75) is 37.8 Å². The number of hydrogen-bond acceptors (Lipinski definition) is 6. The number of rotatable bonds is 2. The highest BCUT2D eigenvalue weighted by Crippen LogP contribution is 2.37. The molecule has 3 aliphatic heterocycles. The molecule has 1 amide bonds. The normalized spacial score (nSPS) is 26.1. The molecule has 2 N–H and O–H groups in total. The van der Waals surface area contributed by atoms with Crippen molar-refractivity contribution in [3.63, 3.8) is 0 Å². The van der Waals surface area contributed by atoms with Gasteiger partial charge in [0.1, 0.15) is 18.2 Å². The van der Waals surface area contributed by atoms with Crippen molar-refractivity contribution in [1.82, 2.24) is 19.4 Å². The number of amides is 1. The Morgan fingerprint density at radius 1 is 1.18 bits per heavy atom. The van der Waals surface area contributed by atoms with E-state index in [2.05, 4.69) is 9.97 Å². The molecule has 0 aromatic carbocycles. The number of carbonyl (C=O) groups excluding carboxylic acids is 1. The van der Waals surface area contributed by atoms with Crippen molar-refractivity contribution in [2.75, 3.05) is 25.4 Å². The van der Waals surface area contributed by atoms with Gasteiger partial charge < -0.3 is 19.9 Å². The predicted molar refractivity (Wildman–Crippen MR) is 103 cm³/mol. The summed E-state index contributed by atoms with van der Waals surface area (Å²) in [6.45, 7) is 2.64. The van der Waals surface area contributed by atoms with Crippen LogP contribution in [0.4, 0.5) is 5.82 Å². The fourth-order valence-corrected chi connectivity index (χ4v) is 4.79. The number of nitrogens with two attached hydrogens (primary N) is 1. The van der Waals surface area contributed by atoms with Gasteiger partial charge in [0, 0.05) is 55.5 Å². The Morgan fingerprint density at radius 3 is 2.86 bits per heavy atom. The number of anilines is 1. The van der Waals surface area contributed by atoms with Crippen LogP contribution in [0.15, 0.2) is 29.3 Å². The molecule has 5 heterocycles. The molecule has 2 saturated heterocycles. The number of nitrogens with zero attached hydrogens (tertiary/aromatic N) is 4. The molecule has 146 valence electrons. The van der Waals surface area contributed by atoms with Crippen LogP contribution in [0.3, 0.4) is 0 Å². The van der Waals surface area contributed by atoms with Gasteiger partial charge in [-0.2, -0.15) is 0 Å². The Hall–Kier alpha value is -2.74. The smallest absolute Gasteiger partial charge is 0.251 e. The lowest BCUT2D eigenvalue weighted by atomic mass is 9.82. The van der Waals surface area contributed by atoms with Gasteiger partial charge in [-0.05, 0) is 31.2 Å².